The van der Waals surface area contributed by atoms with Crippen molar-refractivity contribution >= 4 is 11.9 Å². The van der Waals surface area contributed by atoms with Crippen molar-refractivity contribution in [1.82, 2.24) is 4.90 Å². The van der Waals surface area contributed by atoms with E-state index in [1.54, 1.807) is 23.1 Å². The van der Waals surface area contributed by atoms with Gasteiger partial charge in [-0.15, -0.1) is 0 Å². The maximum atomic E-state index is 12.2. The monoisotopic (exact) mass is 321 g/mol. The van der Waals surface area contributed by atoms with Crippen molar-refractivity contribution in [2.75, 3.05) is 26.5 Å². The van der Waals surface area contributed by atoms with Crippen molar-refractivity contribution in [3.05, 3.63) is 23.8 Å². The van der Waals surface area contributed by atoms with Gasteiger partial charge in [0, 0.05) is 13.1 Å². The van der Waals surface area contributed by atoms with Crippen molar-refractivity contribution < 1.29 is 28.5 Å². The SMILES string of the molecule is C[C@H]1CN(C(=O)COC(=O)c2ccc3c(c2)OCO3)C[C@H](C)O1. The molecule has 1 aromatic rings. The van der Waals surface area contributed by atoms with E-state index < -0.39 is 5.97 Å². The fourth-order valence-corrected chi connectivity index (χ4v) is 2.71. The average molecular weight is 321 g/mol. The summed E-state index contributed by atoms with van der Waals surface area (Å²) in [7, 11) is 0. The number of esters is 1. The number of morpholine rings is 1. The Balaban J connectivity index is 1.55. The predicted molar refractivity (Wildman–Crippen MR) is 79.4 cm³/mol. The number of ether oxygens (including phenoxy) is 4. The van der Waals surface area contributed by atoms with E-state index in [4.69, 9.17) is 18.9 Å². The van der Waals surface area contributed by atoms with Crippen LogP contribution in [0.4, 0.5) is 0 Å². The first-order valence-electron chi connectivity index (χ1n) is 7.53. The number of rotatable bonds is 3. The minimum Gasteiger partial charge on any atom is -0.454 e. The molecule has 2 atom stereocenters. The standard InChI is InChI=1S/C16H19NO6/c1-10-6-17(7-11(2)23-10)15(18)8-20-16(19)12-3-4-13-14(5-12)22-9-21-13/h3-5,10-11H,6-9H2,1-2H3/t10-,11-/m0/s1. The number of nitrogens with zero attached hydrogens (tertiary/aromatic N) is 1. The molecule has 0 saturated carbocycles. The number of benzene rings is 1. The van der Waals surface area contributed by atoms with Gasteiger partial charge in [0.05, 0.1) is 17.8 Å². The summed E-state index contributed by atoms with van der Waals surface area (Å²) in [5.41, 5.74) is 0.325. The maximum absolute atomic E-state index is 12.2. The van der Waals surface area contributed by atoms with E-state index in [-0.39, 0.29) is 31.5 Å². The fourth-order valence-electron chi connectivity index (χ4n) is 2.71. The third kappa shape index (κ3) is 3.56. The summed E-state index contributed by atoms with van der Waals surface area (Å²) in [6.07, 6.45) is -0.0421. The van der Waals surface area contributed by atoms with Crippen LogP contribution in [0.2, 0.25) is 0 Å². The molecule has 3 rings (SSSR count). The minimum atomic E-state index is -0.564. The molecule has 0 spiro atoms. The fraction of sp³-hybridized carbons (Fsp3) is 0.500. The molecule has 0 unspecified atom stereocenters. The molecular weight excluding hydrogens is 302 g/mol. The molecule has 1 saturated heterocycles. The highest BCUT2D eigenvalue weighted by atomic mass is 16.7. The first-order chi connectivity index (χ1) is 11.0. The van der Waals surface area contributed by atoms with Gasteiger partial charge in [-0.1, -0.05) is 0 Å². The average Bonchev–Trinajstić information content (AvgIpc) is 2.98. The number of hydrogen-bond donors (Lipinski definition) is 0. The normalized spacial score (nSPS) is 22.8. The van der Waals surface area contributed by atoms with E-state index in [0.717, 1.165) is 0 Å². The van der Waals surface area contributed by atoms with Crippen LogP contribution in [0.5, 0.6) is 11.5 Å². The molecule has 0 aliphatic carbocycles. The number of fused-ring (bicyclic) bond motifs is 1. The van der Waals surface area contributed by atoms with Crippen molar-refractivity contribution in [1.29, 1.82) is 0 Å². The zero-order valence-electron chi connectivity index (χ0n) is 13.1. The number of carbonyl (C=O) groups excluding carboxylic acids is 2. The lowest BCUT2D eigenvalue weighted by Crippen LogP contribution is -2.49. The molecule has 2 aliphatic rings. The highest BCUT2D eigenvalue weighted by Crippen LogP contribution is 2.32. The van der Waals surface area contributed by atoms with E-state index in [2.05, 4.69) is 0 Å². The van der Waals surface area contributed by atoms with Crippen molar-refractivity contribution in [2.45, 2.75) is 26.1 Å². The Kier molecular flexibility index (Phi) is 4.38. The highest BCUT2D eigenvalue weighted by molar-refractivity contribution is 5.92. The van der Waals surface area contributed by atoms with E-state index in [1.807, 2.05) is 13.8 Å². The minimum absolute atomic E-state index is 0.0211. The smallest absolute Gasteiger partial charge is 0.338 e. The Bertz CT molecular complexity index is 607. The molecule has 2 aliphatic heterocycles. The number of amides is 1. The second-order valence-electron chi connectivity index (χ2n) is 5.70. The summed E-state index contributed by atoms with van der Waals surface area (Å²) in [6.45, 7) is 4.69. The summed E-state index contributed by atoms with van der Waals surface area (Å²) in [4.78, 5) is 25.9. The quantitative estimate of drug-likeness (QED) is 0.779. The summed E-state index contributed by atoms with van der Waals surface area (Å²) >= 11 is 0. The Morgan fingerprint density at radius 2 is 1.87 bits per heavy atom. The van der Waals surface area contributed by atoms with Crippen LogP contribution >= 0.6 is 0 Å². The summed E-state index contributed by atoms with van der Waals surface area (Å²) < 4.78 is 21.1. The molecule has 1 fully saturated rings. The van der Waals surface area contributed by atoms with Gasteiger partial charge in [-0.2, -0.15) is 0 Å². The molecule has 1 amide bonds. The lowest BCUT2D eigenvalue weighted by atomic mass is 10.2. The third-order valence-corrected chi connectivity index (χ3v) is 3.71. The molecule has 7 heteroatoms. The second kappa shape index (κ2) is 6.45. The lowest BCUT2D eigenvalue weighted by Gasteiger charge is -2.35. The van der Waals surface area contributed by atoms with Crippen molar-refractivity contribution in [3.63, 3.8) is 0 Å². The molecule has 0 N–H and O–H groups in total. The molecule has 23 heavy (non-hydrogen) atoms. The molecule has 0 radical (unpaired) electrons. The van der Waals surface area contributed by atoms with E-state index >= 15 is 0 Å². The molecule has 0 bridgehead atoms. The Morgan fingerprint density at radius 3 is 2.61 bits per heavy atom. The van der Waals surface area contributed by atoms with Crippen LogP contribution in [0, 0.1) is 0 Å². The lowest BCUT2D eigenvalue weighted by molar-refractivity contribution is -0.146. The molecule has 124 valence electrons. The topological polar surface area (TPSA) is 74.3 Å². The molecule has 1 aromatic carbocycles. The second-order valence-corrected chi connectivity index (χ2v) is 5.70. The van der Waals surface area contributed by atoms with E-state index in [1.165, 1.54) is 0 Å². The molecule has 7 nitrogen and oxygen atoms in total. The van der Waals surface area contributed by atoms with Crippen LogP contribution in [0.3, 0.4) is 0 Å². The molecule has 2 heterocycles. The van der Waals surface area contributed by atoms with Gasteiger partial charge in [-0.3, -0.25) is 4.79 Å². The first-order valence-corrected chi connectivity index (χ1v) is 7.53. The van der Waals surface area contributed by atoms with Crippen molar-refractivity contribution in [3.8, 4) is 11.5 Å². The maximum Gasteiger partial charge on any atom is 0.338 e. The van der Waals surface area contributed by atoms with E-state index in [0.29, 0.717) is 30.2 Å². The van der Waals surface area contributed by atoms with Gasteiger partial charge >= 0.3 is 5.97 Å². The van der Waals surface area contributed by atoms with Crippen molar-refractivity contribution in [2.24, 2.45) is 0 Å². The summed E-state index contributed by atoms with van der Waals surface area (Å²) in [5.74, 6) is 0.308. The van der Waals surface area contributed by atoms with Crippen LogP contribution in [-0.2, 0) is 14.3 Å². The Hall–Kier alpha value is -2.28. The number of hydrogen-bond acceptors (Lipinski definition) is 6. The van der Waals surface area contributed by atoms with Gasteiger partial charge in [0.2, 0.25) is 6.79 Å². The van der Waals surface area contributed by atoms with Crippen LogP contribution in [0.25, 0.3) is 0 Å². The highest BCUT2D eigenvalue weighted by Gasteiger charge is 2.26. The zero-order chi connectivity index (χ0) is 16.4. The molecule has 0 aromatic heterocycles. The van der Waals surface area contributed by atoms with Gasteiger partial charge in [0.15, 0.2) is 18.1 Å². The van der Waals surface area contributed by atoms with Gasteiger partial charge in [0.1, 0.15) is 0 Å². The predicted octanol–water partition coefficient (Wildman–Crippen LogP) is 1.21. The Labute approximate surface area is 134 Å². The molecular formula is C16H19NO6. The largest absolute Gasteiger partial charge is 0.454 e. The van der Waals surface area contributed by atoms with Gasteiger partial charge in [-0.25, -0.2) is 4.79 Å². The first kappa shape index (κ1) is 15.6. The zero-order valence-corrected chi connectivity index (χ0v) is 13.1. The summed E-state index contributed by atoms with van der Waals surface area (Å²) in [5, 5.41) is 0. The van der Waals surface area contributed by atoms with Gasteiger partial charge in [-0.05, 0) is 32.0 Å². The van der Waals surface area contributed by atoms with Crippen LogP contribution in [0.1, 0.15) is 24.2 Å². The van der Waals surface area contributed by atoms with Crippen LogP contribution in [-0.4, -0.2) is 55.5 Å². The Morgan fingerprint density at radius 1 is 1.17 bits per heavy atom. The number of carbonyl (C=O) groups is 2. The van der Waals surface area contributed by atoms with Crippen LogP contribution < -0.4 is 9.47 Å². The van der Waals surface area contributed by atoms with Gasteiger partial charge in [0.25, 0.3) is 5.91 Å². The van der Waals surface area contributed by atoms with E-state index in [9.17, 15) is 9.59 Å². The van der Waals surface area contributed by atoms with Crippen LogP contribution in [0.15, 0.2) is 18.2 Å². The van der Waals surface area contributed by atoms with Gasteiger partial charge < -0.3 is 23.8 Å². The summed E-state index contributed by atoms with van der Waals surface area (Å²) in [6, 6.07) is 4.78. The third-order valence-electron chi connectivity index (χ3n) is 3.71.